The van der Waals surface area contributed by atoms with Gasteiger partial charge in [0.05, 0.1) is 12.3 Å². The van der Waals surface area contributed by atoms with Gasteiger partial charge in [-0.2, -0.15) is 0 Å². The second kappa shape index (κ2) is 9.83. The van der Waals surface area contributed by atoms with Crippen molar-refractivity contribution in [1.29, 1.82) is 0 Å². The largest absolute Gasteiger partial charge is 0.419 e. The maximum absolute atomic E-state index is 12.8. The number of nitrogens with zero attached hydrogens (tertiary/aromatic N) is 3. The number of sulfone groups is 1. The summed E-state index contributed by atoms with van der Waals surface area (Å²) in [7, 11) is -3.51. The molecule has 0 atom stereocenters. The van der Waals surface area contributed by atoms with E-state index < -0.39 is 21.5 Å². The van der Waals surface area contributed by atoms with E-state index in [4.69, 9.17) is 16.0 Å². The van der Waals surface area contributed by atoms with Gasteiger partial charge in [0, 0.05) is 16.6 Å². The number of halogens is 1. The minimum Gasteiger partial charge on any atom is -0.419 e. The van der Waals surface area contributed by atoms with E-state index >= 15 is 0 Å². The lowest BCUT2D eigenvalue weighted by molar-refractivity contribution is -0.129. The molecule has 0 N–H and O–H groups in total. The molecule has 0 radical (unpaired) electrons. The van der Waals surface area contributed by atoms with Crippen LogP contribution in [0.25, 0.3) is 11.5 Å². The summed E-state index contributed by atoms with van der Waals surface area (Å²) in [5, 5.41) is 8.67. The molecule has 0 unspecified atom stereocenters. The van der Waals surface area contributed by atoms with Crippen molar-refractivity contribution in [2.24, 2.45) is 0 Å². The van der Waals surface area contributed by atoms with Gasteiger partial charge < -0.3 is 9.32 Å². The van der Waals surface area contributed by atoms with Crippen LogP contribution < -0.4 is 0 Å². The molecule has 0 saturated heterocycles. The van der Waals surface area contributed by atoms with E-state index in [-0.39, 0.29) is 24.2 Å². The number of benzene rings is 2. The Labute approximate surface area is 192 Å². The highest BCUT2D eigenvalue weighted by molar-refractivity contribution is 7.92. The Balaban J connectivity index is 1.35. The first-order chi connectivity index (χ1) is 15.4. The molecular formula is C23H24ClN3O4S. The number of amides is 1. The summed E-state index contributed by atoms with van der Waals surface area (Å²) in [6.45, 7) is 0.101. The first-order valence-corrected chi connectivity index (χ1v) is 12.7. The fourth-order valence-corrected chi connectivity index (χ4v) is 4.86. The lowest BCUT2D eigenvalue weighted by Crippen LogP contribution is -2.37. The van der Waals surface area contributed by atoms with Crippen molar-refractivity contribution >= 4 is 27.3 Å². The molecule has 1 saturated carbocycles. The second-order valence-corrected chi connectivity index (χ2v) is 10.6. The van der Waals surface area contributed by atoms with Gasteiger partial charge in [0.25, 0.3) is 0 Å². The zero-order valence-corrected chi connectivity index (χ0v) is 19.1. The predicted molar refractivity (Wildman–Crippen MR) is 122 cm³/mol. The molecule has 3 aromatic rings. The third-order valence-electron chi connectivity index (χ3n) is 5.28. The van der Waals surface area contributed by atoms with E-state index in [1.165, 1.54) is 0 Å². The number of hydrogen-bond donors (Lipinski definition) is 0. The minimum absolute atomic E-state index is 0.0204. The van der Waals surface area contributed by atoms with Crippen LogP contribution in [0.15, 0.2) is 59.0 Å². The van der Waals surface area contributed by atoms with Crippen LogP contribution in [0.1, 0.15) is 30.7 Å². The number of carbonyl (C=O) groups is 1. The lowest BCUT2D eigenvalue weighted by atomic mass is 10.1. The van der Waals surface area contributed by atoms with E-state index in [9.17, 15) is 13.2 Å². The predicted octanol–water partition coefficient (Wildman–Crippen LogP) is 3.93. The smallest absolute Gasteiger partial charge is 0.247 e. The van der Waals surface area contributed by atoms with Gasteiger partial charge in [-0.1, -0.05) is 41.9 Å². The van der Waals surface area contributed by atoms with Crippen molar-refractivity contribution in [1.82, 2.24) is 15.1 Å². The Bertz CT molecular complexity index is 1160. The first kappa shape index (κ1) is 22.5. The highest BCUT2D eigenvalue weighted by Gasteiger charge is 2.35. The average Bonchev–Trinajstić information content (AvgIpc) is 3.50. The van der Waals surface area contributed by atoms with Crippen LogP contribution in [-0.2, 0) is 27.6 Å². The molecule has 32 heavy (non-hydrogen) atoms. The van der Waals surface area contributed by atoms with Crippen molar-refractivity contribution in [3.63, 3.8) is 0 Å². The Morgan fingerprint density at radius 3 is 2.47 bits per heavy atom. The van der Waals surface area contributed by atoms with E-state index in [0.29, 0.717) is 23.8 Å². The standard InChI is InChI=1S/C23H24ClN3O4S/c24-19-10-8-18(9-11-19)23-26-25-21(31-23)15-27(20-12-13-20)22(28)16-32(29,30)14-4-7-17-5-2-1-3-6-17/h1-3,5-6,8-11,20H,4,7,12-16H2. The number of rotatable bonds is 10. The molecule has 0 aliphatic heterocycles. The third-order valence-corrected chi connectivity index (χ3v) is 7.13. The van der Waals surface area contributed by atoms with Crippen molar-refractivity contribution in [3.8, 4) is 11.5 Å². The molecule has 168 valence electrons. The molecule has 1 aliphatic carbocycles. The minimum atomic E-state index is -3.51. The van der Waals surface area contributed by atoms with Gasteiger partial charge in [0.15, 0.2) is 9.84 Å². The molecule has 1 aromatic heterocycles. The maximum atomic E-state index is 12.8. The third kappa shape index (κ3) is 6.17. The molecule has 2 aromatic carbocycles. The zero-order valence-electron chi connectivity index (χ0n) is 17.5. The summed E-state index contributed by atoms with van der Waals surface area (Å²) in [5.41, 5.74) is 1.81. The summed E-state index contributed by atoms with van der Waals surface area (Å²) in [4.78, 5) is 14.4. The quantitative estimate of drug-likeness (QED) is 0.443. The van der Waals surface area contributed by atoms with E-state index in [2.05, 4.69) is 10.2 Å². The van der Waals surface area contributed by atoms with Crippen LogP contribution in [0.5, 0.6) is 0 Å². The van der Waals surface area contributed by atoms with E-state index in [0.717, 1.165) is 24.0 Å². The fraction of sp³-hybridized carbons (Fsp3) is 0.348. The summed E-state index contributed by atoms with van der Waals surface area (Å²) in [6, 6.07) is 16.7. The normalized spacial score (nSPS) is 13.8. The van der Waals surface area contributed by atoms with Gasteiger partial charge in [-0.05, 0) is 55.5 Å². The molecule has 1 amide bonds. The summed E-state index contributed by atoms with van der Waals surface area (Å²) >= 11 is 5.91. The van der Waals surface area contributed by atoms with Crippen LogP contribution in [0.2, 0.25) is 5.02 Å². The first-order valence-electron chi connectivity index (χ1n) is 10.5. The number of carbonyl (C=O) groups excluding carboxylic acids is 1. The molecule has 1 heterocycles. The molecule has 4 rings (SSSR count). The molecule has 0 spiro atoms. The highest BCUT2D eigenvalue weighted by atomic mass is 35.5. The van der Waals surface area contributed by atoms with Crippen LogP contribution in [0.3, 0.4) is 0 Å². The van der Waals surface area contributed by atoms with Crippen molar-refractivity contribution < 1.29 is 17.6 Å². The second-order valence-electron chi connectivity index (χ2n) is 7.94. The van der Waals surface area contributed by atoms with Crippen LogP contribution in [-0.4, -0.2) is 47.0 Å². The average molecular weight is 474 g/mol. The number of aromatic nitrogens is 2. The highest BCUT2D eigenvalue weighted by Crippen LogP contribution is 2.29. The van der Waals surface area contributed by atoms with Crippen molar-refractivity contribution in [3.05, 3.63) is 71.1 Å². The Kier molecular flexibility index (Phi) is 6.91. The van der Waals surface area contributed by atoms with Gasteiger partial charge in [-0.25, -0.2) is 8.42 Å². The Morgan fingerprint density at radius 1 is 1.06 bits per heavy atom. The summed E-state index contributed by atoms with van der Waals surface area (Å²) < 4.78 is 30.8. The SMILES string of the molecule is O=C(CS(=O)(=O)CCCc1ccccc1)N(Cc1nnc(-c2ccc(Cl)cc2)o1)C1CC1. The molecule has 7 nitrogen and oxygen atoms in total. The summed E-state index contributed by atoms with van der Waals surface area (Å²) in [6.07, 6.45) is 2.84. The van der Waals surface area contributed by atoms with Gasteiger partial charge in [-0.15, -0.1) is 10.2 Å². The molecular weight excluding hydrogens is 450 g/mol. The van der Waals surface area contributed by atoms with Gasteiger partial charge in [-0.3, -0.25) is 4.79 Å². The molecule has 1 aliphatic rings. The van der Waals surface area contributed by atoms with E-state index in [1.807, 2.05) is 30.3 Å². The fourth-order valence-electron chi connectivity index (χ4n) is 3.46. The molecule has 0 bridgehead atoms. The molecule has 9 heteroatoms. The lowest BCUT2D eigenvalue weighted by Gasteiger charge is -2.20. The van der Waals surface area contributed by atoms with Crippen LogP contribution in [0.4, 0.5) is 0 Å². The number of hydrogen-bond acceptors (Lipinski definition) is 6. The van der Waals surface area contributed by atoms with Crippen LogP contribution >= 0.6 is 11.6 Å². The maximum Gasteiger partial charge on any atom is 0.247 e. The molecule has 1 fully saturated rings. The van der Waals surface area contributed by atoms with Crippen molar-refractivity contribution in [2.75, 3.05) is 11.5 Å². The van der Waals surface area contributed by atoms with Crippen LogP contribution in [0, 0.1) is 0 Å². The topological polar surface area (TPSA) is 93.4 Å². The van der Waals surface area contributed by atoms with E-state index in [1.54, 1.807) is 29.2 Å². The van der Waals surface area contributed by atoms with Gasteiger partial charge in [0.1, 0.15) is 5.75 Å². The zero-order chi connectivity index (χ0) is 22.6. The van der Waals surface area contributed by atoms with Crippen molar-refractivity contribution in [2.45, 2.75) is 38.3 Å². The Hall–Kier alpha value is -2.71. The number of aryl methyl sites for hydroxylation is 1. The monoisotopic (exact) mass is 473 g/mol. The van der Waals surface area contributed by atoms with Gasteiger partial charge in [0.2, 0.25) is 17.7 Å². The van der Waals surface area contributed by atoms with Gasteiger partial charge >= 0.3 is 0 Å². The Morgan fingerprint density at radius 2 is 1.78 bits per heavy atom. The summed E-state index contributed by atoms with van der Waals surface area (Å²) in [5.74, 6) is -0.340.